The second kappa shape index (κ2) is 6.48. The van der Waals surface area contributed by atoms with Crippen LogP contribution in [-0.4, -0.2) is 30.9 Å². The van der Waals surface area contributed by atoms with Crippen LogP contribution in [0.15, 0.2) is 18.2 Å². The van der Waals surface area contributed by atoms with Crippen molar-refractivity contribution in [3.05, 3.63) is 34.3 Å². The lowest BCUT2D eigenvalue weighted by Crippen LogP contribution is -2.26. The maximum absolute atomic E-state index is 12.6. The minimum Gasteiger partial charge on any atom is -0.497 e. The second-order valence-corrected chi connectivity index (χ2v) is 7.76. The molecule has 0 saturated carbocycles. The van der Waals surface area contributed by atoms with Crippen molar-refractivity contribution in [2.45, 2.75) is 26.7 Å². The molecule has 0 unspecified atom stereocenters. The van der Waals surface area contributed by atoms with E-state index in [1.165, 1.54) is 18.4 Å². The molecule has 1 aromatic heterocycles. The van der Waals surface area contributed by atoms with Crippen molar-refractivity contribution < 1.29 is 19.1 Å². The minimum absolute atomic E-state index is 0.0891. The molecular formula is C18H20N2O4S. The number of carbonyl (C=O) groups is 2. The summed E-state index contributed by atoms with van der Waals surface area (Å²) < 4.78 is 10.4. The van der Waals surface area contributed by atoms with Crippen LogP contribution in [-0.2, 0) is 6.42 Å². The fourth-order valence-electron chi connectivity index (χ4n) is 2.92. The van der Waals surface area contributed by atoms with E-state index in [-0.39, 0.29) is 17.1 Å². The molecule has 6 nitrogen and oxygen atoms in total. The molecule has 0 radical (unpaired) electrons. The third kappa shape index (κ3) is 3.51. The summed E-state index contributed by atoms with van der Waals surface area (Å²) >= 11 is 1.23. The van der Waals surface area contributed by atoms with Gasteiger partial charge >= 0.3 is 0 Å². The number of rotatable bonds is 4. The Kier molecular flexibility index (Phi) is 4.51. The summed E-state index contributed by atoms with van der Waals surface area (Å²) in [7, 11) is 3.04. The number of anilines is 1. The largest absolute Gasteiger partial charge is 0.497 e. The first kappa shape index (κ1) is 17.4. The van der Waals surface area contributed by atoms with Crippen molar-refractivity contribution in [3.8, 4) is 11.5 Å². The van der Waals surface area contributed by atoms with Gasteiger partial charge in [-0.1, -0.05) is 25.2 Å². The number of amides is 1. The number of thiazole rings is 1. The predicted octanol–water partition coefficient (Wildman–Crippen LogP) is 3.57. The maximum Gasteiger partial charge on any atom is 0.261 e. The predicted molar refractivity (Wildman–Crippen MR) is 96.0 cm³/mol. The zero-order valence-corrected chi connectivity index (χ0v) is 15.5. The van der Waals surface area contributed by atoms with Gasteiger partial charge in [-0.15, -0.1) is 0 Å². The summed E-state index contributed by atoms with van der Waals surface area (Å²) in [5.41, 5.74) is 1.05. The standard InChI is InChI=1S/C18H20N2O4S/c1-18(2)8-12-15(13(21)9-18)25-17(19-12)20-16(22)11-6-5-10(23-3)7-14(11)24-4/h5-7H,8-9H2,1-4H3,(H,19,20,22). The molecule has 1 aromatic carbocycles. The maximum atomic E-state index is 12.6. The van der Waals surface area contributed by atoms with Gasteiger partial charge in [-0.05, 0) is 24.0 Å². The molecule has 3 rings (SSSR count). The van der Waals surface area contributed by atoms with Gasteiger partial charge < -0.3 is 9.47 Å². The minimum atomic E-state index is -0.336. The first-order chi connectivity index (χ1) is 11.8. The van der Waals surface area contributed by atoms with Crippen molar-refractivity contribution in [1.29, 1.82) is 0 Å². The quantitative estimate of drug-likeness (QED) is 0.902. The molecule has 1 N–H and O–H groups in total. The van der Waals surface area contributed by atoms with Crippen molar-refractivity contribution in [3.63, 3.8) is 0 Å². The number of hydrogen-bond donors (Lipinski definition) is 1. The van der Waals surface area contributed by atoms with Crippen LogP contribution in [0.4, 0.5) is 5.13 Å². The van der Waals surface area contributed by atoms with E-state index in [4.69, 9.17) is 9.47 Å². The van der Waals surface area contributed by atoms with E-state index < -0.39 is 0 Å². The number of hydrogen-bond acceptors (Lipinski definition) is 6. The highest BCUT2D eigenvalue weighted by Gasteiger charge is 2.34. The number of aromatic nitrogens is 1. The summed E-state index contributed by atoms with van der Waals surface area (Å²) in [4.78, 5) is 29.9. The van der Waals surface area contributed by atoms with E-state index in [0.29, 0.717) is 33.5 Å². The van der Waals surface area contributed by atoms with Crippen molar-refractivity contribution in [1.82, 2.24) is 4.98 Å². The molecule has 0 spiro atoms. The highest BCUT2D eigenvalue weighted by Crippen LogP contribution is 2.38. The van der Waals surface area contributed by atoms with E-state index in [1.807, 2.05) is 13.8 Å². The number of fused-ring (bicyclic) bond motifs is 1. The van der Waals surface area contributed by atoms with Crippen LogP contribution < -0.4 is 14.8 Å². The number of ether oxygens (including phenoxy) is 2. The van der Waals surface area contributed by atoms with Crippen LogP contribution >= 0.6 is 11.3 Å². The Balaban J connectivity index is 1.84. The lowest BCUT2D eigenvalue weighted by molar-refractivity contribution is 0.0915. The van der Waals surface area contributed by atoms with Crippen LogP contribution in [0, 0.1) is 5.41 Å². The molecule has 2 aromatic rings. The van der Waals surface area contributed by atoms with Crippen LogP contribution in [0.1, 0.15) is 46.0 Å². The highest BCUT2D eigenvalue weighted by atomic mass is 32.1. The van der Waals surface area contributed by atoms with Gasteiger partial charge in [0.2, 0.25) is 0 Å². The molecule has 132 valence electrons. The molecule has 1 amide bonds. The normalized spacial score (nSPS) is 15.4. The van der Waals surface area contributed by atoms with Gasteiger partial charge in [0.15, 0.2) is 10.9 Å². The van der Waals surface area contributed by atoms with Gasteiger partial charge in [0.05, 0.1) is 30.4 Å². The van der Waals surface area contributed by atoms with Gasteiger partial charge in [0.25, 0.3) is 5.91 Å². The molecule has 7 heteroatoms. The summed E-state index contributed by atoms with van der Waals surface area (Å²) in [6.07, 6.45) is 1.23. The summed E-state index contributed by atoms with van der Waals surface area (Å²) in [5, 5.41) is 3.20. The van der Waals surface area contributed by atoms with Gasteiger partial charge in [-0.3, -0.25) is 14.9 Å². The smallest absolute Gasteiger partial charge is 0.261 e. The van der Waals surface area contributed by atoms with E-state index in [1.54, 1.807) is 25.3 Å². The number of benzene rings is 1. The zero-order chi connectivity index (χ0) is 18.2. The van der Waals surface area contributed by atoms with Crippen LogP contribution in [0.5, 0.6) is 11.5 Å². The molecule has 0 bridgehead atoms. The average Bonchev–Trinajstić information content (AvgIpc) is 2.95. The SMILES string of the molecule is COc1ccc(C(=O)Nc2nc3c(s2)C(=O)CC(C)(C)C3)c(OC)c1. The van der Waals surface area contributed by atoms with E-state index in [9.17, 15) is 9.59 Å². The van der Waals surface area contributed by atoms with Gasteiger partial charge in [-0.2, -0.15) is 0 Å². The summed E-state index contributed by atoms with van der Waals surface area (Å²) in [6, 6.07) is 4.97. The van der Waals surface area contributed by atoms with Crippen molar-refractivity contribution in [2.24, 2.45) is 5.41 Å². The van der Waals surface area contributed by atoms with E-state index in [0.717, 1.165) is 12.1 Å². The Morgan fingerprint density at radius 3 is 2.68 bits per heavy atom. The zero-order valence-electron chi connectivity index (χ0n) is 14.6. The lowest BCUT2D eigenvalue weighted by Gasteiger charge is -2.26. The van der Waals surface area contributed by atoms with Crippen LogP contribution in [0.3, 0.4) is 0 Å². The Morgan fingerprint density at radius 2 is 2.00 bits per heavy atom. The van der Waals surface area contributed by atoms with E-state index >= 15 is 0 Å². The van der Waals surface area contributed by atoms with E-state index in [2.05, 4.69) is 10.3 Å². The third-order valence-electron chi connectivity index (χ3n) is 4.11. The molecule has 0 atom stereocenters. The molecular weight excluding hydrogens is 340 g/mol. The Morgan fingerprint density at radius 1 is 1.24 bits per heavy atom. The Bertz CT molecular complexity index is 842. The first-order valence-electron chi connectivity index (χ1n) is 7.89. The van der Waals surface area contributed by atoms with Gasteiger partial charge in [-0.25, -0.2) is 4.98 Å². The molecule has 1 aliphatic rings. The molecule has 1 aliphatic carbocycles. The lowest BCUT2D eigenvalue weighted by atomic mass is 9.78. The molecule has 25 heavy (non-hydrogen) atoms. The number of ketones is 1. The fraction of sp³-hybridized carbons (Fsp3) is 0.389. The topological polar surface area (TPSA) is 77.5 Å². The molecule has 0 aliphatic heterocycles. The summed E-state index contributed by atoms with van der Waals surface area (Å²) in [6.45, 7) is 4.10. The Labute approximate surface area is 150 Å². The molecule has 0 saturated heterocycles. The number of Topliss-reactive ketones (excluding diaryl/α,β-unsaturated/α-hetero) is 1. The average molecular weight is 360 g/mol. The van der Waals surface area contributed by atoms with Crippen molar-refractivity contribution in [2.75, 3.05) is 19.5 Å². The number of nitrogens with zero attached hydrogens (tertiary/aromatic N) is 1. The summed E-state index contributed by atoms with van der Waals surface area (Å²) in [5.74, 6) is 0.768. The van der Waals surface area contributed by atoms with Crippen LogP contribution in [0.25, 0.3) is 0 Å². The van der Waals surface area contributed by atoms with Gasteiger partial charge in [0, 0.05) is 12.5 Å². The Hall–Kier alpha value is -2.41. The molecule has 0 fully saturated rings. The number of nitrogens with one attached hydrogen (secondary N) is 1. The number of methoxy groups -OCH3 is 2. The van der Waals surface area contributed by atoms with Crippen LogP contribution in [0.2, 0.25) is 0 Å². The van der Waals surface area contributed by atoms with Gasteiger partial charge in [0.1, 0.15) is 11.5 Å². The number of carbonyl (C=O) groups excluding carboxylic acids is 2. The monoisotopic (exact) mass is 360 g/mol. The first-order valence-corrected chi connectivity index (χ1v) is 8.71. The highest BCUT2D eigenvalue weighted by molar-refractivity contribution is 7.17. The molecule has 1 heterocycles. The fourth-order valence-corrected chi connectivity index (χ4v) is 3.84. The second-order valence-electron chi connectivity index (χ2n) is 6.76. The van der Waals surface area contributed by atoms with Crippen molar-refractivity contribution >= 4 is 28.2 Å². The third-order valence-corrected chi connectivity index (χ3v) is 5.16.